The van der Waals surface area contributed by atoms with Gasteiger partial charge in [0.05, 0.1) is 38.8 Å². The van der Waals surface area contributed by atoms with Gasteiger partial charge in [-0.1, -0.05) is 36.4 Å². The maximum absolute atomic E-state index is 13.5. The molecule has 3 rings (SSSR count). The highest BCUT2D eigenvalue weighted by molar-refractivity contribution is 7.89. The van der Waals surface area contributed by atoms with Crippen LogP contribution >= 0.6 is 0 Å². The normalized spacial score (nSPS) is 12.1. The molecule has 0 aliphatic heterocycles. The standard InChI is InChI=1S/C27H32N2O6S/c1-20(22-10-15-25(34-3)26(18-22)35-4)28-27(30)19-29(17-16-21-8-6-5-7-9-21)36(31,32)24-13-11-23(33-2)12-14-24/h5-15,18,20H,16-17,19H2,1-4H3,(H,28,30). The number of amides is 1. The van der Waals surface area contributed by atoms with Crippen LogP contribution in [0.3, 0.4) is 0 Å². The number of benzene rings is 3. The van der Waals surface area contributed by atoms with Crippen LogP contribution in [0.4, 0.5) is 0 Å². The molecular weight excluding hydrogens is 480 g/mol. The lowest BCUT2D eigenvalue weighted by Gasteiger charge is -2.23. The monoisotopic (exact) mass is 512 g/mol. The predicted octanol–water partition coefficient (Wildman–Crippen LogP) is 3.82. The summed E-state index contributed by atoms with van der Waals surface area (Å²) in [7, 11) is 0.675. The molecule has 3 aromatic carbocycles. The molecule has 8 nitrogen and oxygen atoms in total. The Morgan fingerprint density at radius 1 is 0.889 bits per heavy atom. The molecule has 0 radical (unpaired) electrons. The molecule has 1 N–H and O–H groups in total. The van der Waals surface area contributed by atoms with Gasteiger partial charge in [0.1, 0.15) is 5.75 Å². The molecule has 0 spiro atoms. The van der Waals surface area contributed by atoms with E-state index in [0.29, 0.717) is 23.7 Å². The minimum absolute atomic E-state index is 0.0945. The van der Waals surface area contributed by atoms with E-state index in [0.717, 1.165) is 11.1 Å². The molecule has 0 heterocycles. The van der Waals surface area contributed by atoms with Crippen molar-refractivity contribution in [3.63, 3.8) is 0 Å². The molecule has 1 atom stereocenters. The largest absolute Gasteiger partial charge is 0.497 e. The van der Waals surface area contributed by atoms with Crippen molar-refractivity contribution in [2.45, 2.75) is 24.3 Å². The van der Waals surface area contributed by atoms with E-state index in [9.17, 15) is 13.2 Å². The first-order chi connectivity index (χ1) is 17.3. The zero-order chi connectivity index (χ0) is 26.1. The van der Waals surface area contributed by atoms with E-state index < -0.39 is 15.9 Å². The van der Waals surface area contributed by atoms with Gasteiger partial charge in [0.15, 0.2) is 11.5 Å². The van der Waals surface area contributed by atoms with Gasteiger partial charge in [-0.2, -0.15) is 4.31 Å². The minimum atomic E-state index is -3.93. The summed E-state index contributed by atoms with van der Waals surface area (Å²) in [5, 5.41) is 2.89. The first kappa shape index (κ1) is 27.0. The average Bonchev–Trinajstić information content (AvgIpc) is 2.90. The fourth-order valence-electron chi connectivity index (χ4n) is 3.73. The van der Waals surface area contributed by atoms with E-state index in [1.807, 2.05) is 43.3 Å². The van der Waals surface area contributed by atoms with Gasteiger partial charge >= 0.3 is 0 Å². The molecule has 0 aromatic heterocycles. The molecule has 0 fully saturated rings. The molecular formula is C27H32N2O6S. The Morgan fingerprint density at radius 3 is 2.17 bits per heavy atom. The molecule has 0 aliphatic carbocycles. The van der Waals surface area contributed by atoms with Crippen LogP contribution in [-0.4, -0.2) is 53.0 Å². The number of nitrogens with one attached hydrogen (secondary N) is 1. The van der Waals surface area contributed by atoms with Crippen molar-refractivity contribution in [3.8, 4) is 17.2 Å². The molecule has 3 aromatic rings. The van der Waals surface area contributed by atoms with E-state index in [2.05, 4.69) is 5.32 Å². The number of nitrogens with zero attached hydrogens (tertiary/aromatic N) is 1. The maximum atomic E-state index is 13.5. The van der Waals surface area contributed by atoms with E-state index in [1.54, 1.807) is 38.5 Å². The van der Waals surface area contributed by atoms with Crippen LogP contribution in [0.2, 0.25) is 0 Å². The Bertz CT molecular complexity index is 1250. The summed E-state index contributed by atoms with van der Waals surface area (Å²) < 4.78 is 43.9. The average molecular weight is 513 g/mol. The van der Waals surface area contributed by atoms with Crippen LogP contribution in [0.15, 0.2) is 77.7 Å². The second-order valence-electron chi connectivity index (χ2n) is 8.15. The minimum Gasteiger partial charge on any atom is -0.497 e. The van der Waals surface area contributed by atoms with Gasteiger partial charge in [-0.3, -0.25) is 4.79 Å². The van der Waals surface area contributed by atoms with Crippen LogP contribution < -0.4 is 19.5 Å². The third-order valence-electron chi connectivity index (χ3n) is 5.79. The summed E-state index contributed by atoms with van der Waals surface area (Å²) in [4.78, 5) is 13.1. The SMILES string of the molecule is COc1ccc(S(=O)(=O)N(CCc2ccccc2)CC(=O)NC(C)c2ccc(OC)c(OC)c2)cc1. The highest BCUT2D eigenvalue weighted by Crippen LogP contribution is 2.30. The molecule has 36 heavy (non-hydrogen) atoms. The lowest BCUT2D eigenvalue weighted by atomic mass is 10.1. The van der Waals surface area contributed by atoms with Crippen molar-refractivity contribution < 1.29 is 27.4 Å². The quantitative estimate of drug-likeness (QED) is 0.397. The Kier molecular flexibility index (Phi) is 9.32. The Labute approximate surface area is 212 Å². The summed E-state index contributed by atoms with van der Waals surface area (Å²) in [6.07, 6.45) is 0.467. The lowest BCUT2D eigenvalue weighted by Crippen LogP contribution is -2.42. The highest BCUT2D eigenvalue weighted by Gasteiger charge is 2.27. The zero-order valence-corrected chi connectivity index (χ0v) is 21.7. The highest BCUT2D eigenvalue weighted by atomic mass is 32.2. The van der Waals surface area contributed by atoms with Gasteiger partial charge in [-0.05, 0) is 60.9 Å². The van der Waals surface area contributed by atoms with Crippen LogP contribution in [0.5, 0.6) is 17.2 Å². The molecule has 0 bridgehead atoms. The van der Waals surface area contributed by atoms with Gasteiger partial charge in [0, 0.05) is 6.54 Å². The molecule has 192 valence electrons. The summed E-state index contributed by atoms with van der Waals surface area (Å²) >= 11 is 0. The Morgan fingerprint density at radius 2 is 1.56 bits per heavy atom. The third kappa shape index (κ3) is 6.77. The first-order valence-electron chi connectivity index (χ1n) is 11.5. The number of carbonyl (C=O) groups is 1. The Hall–Kier alpha value is -3.56. The van der Waals surface area contributed by atoms with Crippen LogP contribution in [-0.2, 0) is 21.2 Å². The van der Waals surface area contributed by atoms with Crippen molar-refractivity contribution in [1.29, 1.82) is 0 Å². The fraction of sp³-hybridized carbons (Fsp3) is 0.296. The zero-order valence-electron chi connectivity index (χ0n) is 20.9. The molecule has 1 amide bonds. The van der Waals surface area contributed by atoms with Gasteiger partial charge in [0.25, 0.3) is 0 Å². The number of carbonyl (C=O) groups excluding carboxylic acids is 1. The Balaban J connectivity index is 1.79. The third-order valence-corrected chi connectivity index (χ3v) is 7.65. The predicted molar refractivity (Wildman–Crippen MR) is 138 cm³/mol. The van der Waals surface area contributed by atoms with Gasteiger partial charge in [-0.25, -0.2) is 8.42 Å². The van der Waals surface area contributed by atoms with Crippen LogP contribution in [0.1, 0.15) is 24.1 Å². The van der Waals surface area contributed by atoms with Crippen molar-refractivity contribution in [2.24, 2.45) is 0 Å². The molecule has 1 unspecified atom stereocenters. The summed E-state index contributed by atoms with van der Waals surface area (Å²) in [5.41, 5.74) is 1.78. The molecule has 9 heteroatoms. The second kappa shape index (κ2) is 12.4. The van der Waals surface area contributed by atoms with Gasteiger partial charge < -0.3 is 19.5 Å². The number of rotatable bonds is 12. The molecule has 0 saturated heterocycles. The number of hydrogen-bond donors (Lipinski definition) is 1. The topological polar surface area (TPSA) is 94.2 Å². The van der Waals surface area contributed by atoms with Crippen molar-refractivity contribution in [2.75, 3.05) is 34.4 Å². The number of ether oxygens (including phenoxy) is 3. The number of methoxy groups -OCH3 is 3. The van der Waals surface area contributed by atoms with Crippen LogP contribution in [0.25, 0.3) is 0 Å². The number of sulfonamides is 1. The lowest BCUT2D eigenvalue weighted by molar-refractivity contribution is -0.121. The van der Waals surface area contributed by atoms with Crippen molar-refractivity contribution in [3.05, 3.63) is 83.9 Å². The molecule has 0 saturated carbocycles. The molecule has 0 aliphatic rings. The van der Waals surface area contributed by atoms with E-state index in [4.69, 9.17) is 14.2 Å². The summed E-state index contributed by atoms with van der Waals surface area (Å²) in [6.45, 7) is 1.65. The first-order valence-corrected chi connectivity index (χ1v) is 12.9. The van der Waals surface area contributed by atoms with Crippen molar-refractivity contribution >= 4 is 15.9 Å². The summed E-state index contributed by atoms with van der Waals surface area (Å²) in [5.74, 6) is 1.26. The summed E-state index contributed by atoms with van der Waals surface area (Å²) in [6, 6.07) is 20.7. The smallest absolute Gasteiger partial charge is 0.243 e. The van der Waals surface area contributed by atoms with Gasteiger partial charge in [0.2, 0.25) is 15.9 Å². The second-order valence-corrected chi connectivity index (χ2v) is 10.1. The van der Waals surface area contributed by atoms with Gasteiger partial charge in [-0.15, -0.1) is 0 Å². The maximum Gasteiger partial charge on any atom is 0.243 e. The number of hydrogen-bond acceptors (Lipinski definition) is 6. The van der Waals surface area contributed by atoms with Crippen LogP contribution in [0, 0.1) is 0 Å². The van der Waals surface area contributed by atoms with E-state index >= 15 is 0 Å². The fourth-order valence-corrected chi connectivity index (χ4v) is 5.13. The van der Waals surface area contributed by atoms with Crippen molar-refractivity contribution in [1.82, 2.24) is 9.62 Å². The van der Waals surface area contributed by atoms with E-state index in [1.165, 1.54) is 23.5 Å². The van der Waals surface area contributed by atoms with E-state index in [-0.39, 0.29) is 24.0 Å².